The molecule has 3 aromatic rings. The fourth-order valence-electron chi connectivity index (χ4n) is 3.63. The molecule has 0 radical (unpaired) electrons. The molecule has 1 amide bonds. The first-order chi connectivity index (χ1) is 16.9. The van der Waals surface area contributed by atoms with Gasteiger partial charge in [-0.1, -0.05) is 28.1 Å². The average molecular weight is 556 g/mol. The Labute approximate surface area is 217 Å². The zero-order valence-corrected chi connectivity index (χ0v) is 22.7. The molecule has 190 valence electrons. The smallest absolute Gasteiger partial charge is 0.315 e. The van der Waals surface area contributed by atoms with Gasteiger partial charge in [-0.2, -0.15) is 5.10 Å². The Morgan fingerprint density at radius 2 is 1.81 bits per heavy atom. The van der Waals surface area contributed by atoms with Gasteiger partial charge in [0.1, 0.15) is 17.3 Å². The number of H-pyrrole nitrogens is 1. The standard InChI is InChI=1S/C26H30BrN5O4/c1-14-11-16(27)12-15(2)21(14)30-24(34)22(31-32-26(3,4)5)17(25(35)36-6)13-20-23(33)29-19-10-8-7-9-18(19)28-20/h7-12,17,32H,13H2,1-6H3,(H,29,33)(H,30,34)/b31-22+/t17-/m0/s1. The lowest BCUT2D eigenvalue weighted by Crippen LogP contribution is -2.41. The number of methoxy groups -OCH3 is 1. The molecule has 0 aliphatic rings. The van der Waals surface area contributed by atoms with Crippen LogP contribution in [0.3, 0.4) is 0 Å². The van der Waals surface area contributed by atoms with Crippen LogP contribution in [0.4, 0.5) is 5.69 Å². The van der Waals surface area contributed by atoms with E-state index in [1.54, 1.807) is 24.3 Å². The van der Waals surface area contributed by atoms with Crippen LogP contribution in [0.5, 0.6) is 0 Å². The first-order valence-corrected chi connectivity index (χ1v) is 12.2. The van der Waals surface area contributed by atoms with Gasteiger partial charge in [-0.25, -0.2) is 4.98 Å². The van der Waals surface area contributed by atoms with E-state index in [1.807, 2.05) is 46.8 Å². The molecular weight excluding hydrogens is 526 g/mol. The number of aromatic amines is 1. The highest BCUT2D eigenvalue weighted by Gasteiger charge is 2.33. The Bertz CT molecular complexity index is 1370. The van der Waals surface area contributed by atoms with E-state index < -0.39 is 28.9 Å². The second-order valence-corrected chi connectivity index (χ2v) is 10.5. The molecule has 1 atom stereocenters. The van der Waals surface area contributed by atoms with Crippen LogP contribution in [0.2, 0.25) is 0 Å². The molecule has 1 heterocycles. The molecule has 0 aliphatic heterocycles. The van der Waals surface area contributed by atoms with Gasteiger partial charge in [0.2, 0.25) is 0 Å². The van der Waals surface area contributed by atoms with Crippen molar-refractivity contribution in [1.29, 1.82) is 0 Å². The number of benzene rings is 2. The summed E-state index contributed by atoms with van der Waals surface area (Å²) < 4.78 is 5.90. The number of hydrogen-bond acceptors (Lipinski definition) is 7. The van der Waals surface area contributed by atoms with Gasteiger partial charge in [0.25, 0.3) is 11.5 Å². The van der Waals surface area contributed by atoms with Crippen LogP contribution in [0.25, 0.3) is 11.0 Å². The van der Waals surface area contributed by atoms with E-state index in [0.29, 0.717) is 16.7 Å². The molecule has 36 heavy (non-hydrogen) atoms. The molecule has 0 fully saturated rings. The minimum atomic E-state index is -1.18. The van der Waals surface area contributed by atoms with Crippen LogP contribution in [0.1, 0.15) is 37.6 Å². The maximum atomic E-state index is 13.6. The fourth-order valence-corrected chi connectivity index (χ4v) is 4.32. The molecule has 3 N–H and O–H groups in total. The Kier molecular flexibility index (Phi) is 8.29. The molecule has 0 saturated heterocycles. The summed E-state index contributed by atoms with van der Waals surface area (Å²) in [4.78, 5) is 46.5. The average Bonchev–Trinajstić information content (AvgIpc) is 2.79. The third-order valence-electron chi connectivity index (χ3n) is 5.36. The molecule has 1 aromatic heterocycles. The number of fused-ring (bicyclic) bond motifs is 1. The van der Waals surface area contributed by atoms with Gasteiger partial charge in [-0.15, -0.1) is 0 Å². The molecule has 0 bridgehead atoms. The zero-order chi connectivity index (χ0) is 26.6. The lowest BCUT2D eigenvalue weighted by Gasteiger charge is -2.22. The Morgan fingerprint density at radius 1 is 1.17 bits per heavy atom. The number of nitrogens with zero attached hydrogens (tertiary/aromatic N) is 2. The van der Waals surface area contributed by atoms with Crippen molar-refractivity contribution < 1.29 is 14.3 Å². The Morgan fingerprint density at radius 3 is 2.42 bits per heavy atom. The van der Waals surface area contributed by atoms with Gasteiger partial charge in [0.05, 0.1) is 18.1 Å². The second kappa shape index (κ2) is 11.0. The molecule has 9 nitrogen and oxygen atoms in total. The van der Waals surface area contributed by atoms with E-state index in [4.69, 9.17) is 4.74 Å². The second-order valence-electron chi connectivity index (χ2n) is 9.54. The number of carbonyl (C=O) groups is 2. The highest BCUT2D eigenvalue weighted by Crippen LogP contribution is 2.25. The summed E-state index contributed by atoms with van der Waals surface area (Å²) in [6.45, 7) is 9.36. The van der Waals surface area contributed by atoms with Gasteiger partial charge in [0.15, 0.2) is 0 Å². The summed E-state index contributed by atoms with van der Waals surface area (Å²) in [6.07, 6.45) is -0.177. The summed E-state index contributed by atoms with van der Waals surface area (Å²) >= 11 is 3.45. The van der Waals surface area contributed by atoms with Crippen LogP contribution in [-0.2, 0) is 20.7 Å². The third-order valence-corrected chi connectivity index (χ3v) is 5.82. The summed E-state index contributed by atoms with van der Waals surface area (Å²) in [5.41, 5.74) is 5.36. The van der Waals surface area contributed by atoms with Gasteiger partial charge < -0.3 is 20.5 Å². The lowest BCUT2D eigenvalue weighted by atomic mass is 9.96. The number of carbonyl (C=O) groups excluding carboxylic acids is 2. The van der Waals surface area contributed by atoms with E-state index in [9.17, 15) is 14.4 Å². The van der Waals surface area contributed by atoms with Crippen molar-refractivity contribution in [2.45, 2.75) is 46.6 Å². The number of aromatic nitrogens is 2. The topological polar surface area (TPSA) is 126 Å². The number of para-hydroxylation sites is 2. The molecular formula is C26H30BrN5O4. The quantitative estimate of drug-likeness (QED) is 0.229. The first kappa shape index (κ1) is 27.1. The maximum Gasteiger partial charge on any atom is 0.315 e. The van der Waals surface area contributed by atoms with Crippen molar-refractivity contribution in [2.24, 2.45) is 11.0 Å². The van der Waals surface area contributed by atoms with Crippen LogP contribution in [0, 0.1) is 19.8 Å². The van der Waals surface area contributed by atoms with Crippen LogP contribution in [-0.4, -0.2) is 40.2 Å². The summed E-state index contributed by atoms with van der Waals surface area (Å²) in [5.74, 6) is -2.48. The summed E-state index contributed by atoms with van der Waals surface area (Å²) in [7, 11) is 1.23. The van der Waals surface area contributed by atoms with Crippen molar-refractivity contribution in [3.63, 3.8) is 0 Å². The van der Waals surface area contributed by atoms with Crippen molar-refractivity contribution in [2.75, 3.05) is 12.4 Å². The molecule has 0 unspecified atom stereocenters. The Hall–Kier alpha value is -3.53. The van der Waals surface area contributed by atoms with Crippen molar-refractivity contribution in [1.82, 2.24) is 15.4 Å². The number of esters is 1. The van der Waals surface area contributed by atoms with Crippen molar-refractivity contribution in [3.8, 4) is 0 Å². The SMILES string of the molecule is COC(=O)[C@@H](Cc1nc2ccccc2[nH]c1=O)/C(=N\NC(C)(C)C)C(=O)Nc1c(C)cc(Br)cc1C. The first-order valence-electron chi connectivity index (χ1n) is 11.4. The highest BCUT2D eigenvalue weighted by molar-refractivity contribution is 9.10. The predicted octanol–water partition coefficient (Wildman–Crippen LogP) is 4.02. The number of hydrogen-bond donors (Lipinski definition) is 3. The van der Waals surface area contributed by atoms with Gasteiger partial charge in [-0.05, 0) is 70.0 Å². The van der Waals surface area contributed by atoms with E-state index in [0.717, 1.165) is 15.6 Å². The largest absolute Gasteiger partial charge is 0.468 e. The number of halogens is 1. The monoisotopic (exact) mass is 555 g/mol. The molecule has 2 aromatic carbocycles. The normalized spacial score (nSPS) is 12.8. The van der Waals surface area contributed by atoms with Gasteiger partial charge in [-0.3, -0.25) is 14.4 Å². The maximum absolute atomic E-state index is 13.6. The fraction of sp³-hybridized carbons (Fsp3) is 0.346. The predicted molar refractivity (Wildman–Crippen MR) is 144 cm³/mol. The van der Waals surface area contributed by atoms with Crippen molar-refractivity contribution in [3.05, 3.63) is 68.0 Å². The summed E-state index contributed by atoms with van der Waals surface area (Å²) in [6, 6.07) is 10.8. The number of anilines is 1. The molecule has 0 aliphatic carbocycles. The molecule has 10 heteroatoms. The van der Waals surface area contributed by atoms with E-state index in [1.165, 1.54) is 7.11 Å². The highest BCUT2D eigenvalue weighted by atomic mass is 79.9. The number of nitrogens with one attached hydrogen (secondary N) is 3. The van der Waals surface area contributed by atoms with Crippen LogP contribution in [0.15, 0.2) is 50.8 Å². The molecule has 0 spiro atoms. The molecule has 0 saturated carbocycles. The van der Waals surface area contributed by atoms with Gasteiger partial charge in [0, 0.05) is 22.1 Å². The van der Waals surface area contributed by atoms with E-state index in [2.05, 4.69) is 41.7 Å². The van der Waals surface area contributed by atoms with E-state index in [-0.39, 0.29) is 17.8 Å². The zero-order valence-electron chi connectivity index (χ0n) is 21.2. The lowest BCUT2D eigenvalue weighted by molar-refractivity contribution is -0.143. The number of amides is 1. The van der Waals surface area contributed by atoms with Gasteiger partial charge >= 0.3 is 5.97 Å². The molecule has 3 rings (SSSR count). The van der Waals surface area contributed by atoms with Crippen molar-refractivity contribution >= 4 is 50.2 Å². The number of ether oxygens (including phenoxy) is 1. The van der Waals surface area contributed by atoms with E-state index >= 15 is 0 Å². The third kappa shape index (κ3) is 6.57. The number of hydrazone groups is 1. The number of aryl methyl sites for hydroxylation is 2. The van der Waals surface area contributed by atoms with Crippen LogP contribution < -0.4 is 16.3 Å². The number of rotatable bonds is 7. The van der Waals surface area contributed by atoms with Crippen LogP contribution >= 0.6 is 15.9 Å². The minimum absolute atomic E-state index is 0.0939. The summed E-state index contributed by atoms with van der Waals surface area (Å²) in [5, 5.41) is 7.22. The Balaban J connectivity index is 2.07. The minimum Gasteiger partial charge on any atom is -0.468 e.